The summed E-state index contributed by atoms with van der Waals surface area (Å²) in [7, 11) is 0. The molecule has 0 saturated heterocycles. The lowest BCUT2D eigenvalue weighted by atomic mass is 10.1. The minimum absolute atomic E-state index is 0.0301. The van der Waals surface area contributed by atoms with Crippen LogP contribution in [0.1, 0.15) is 33.4 Å². The van der Waals surface area contributed by atoms with Crippen LogP contribution in [0.25, 0.3) is 11.0 Å². The minimum Gasteiger partial charge on any atom is -0.460 e. The van der Waals surface area contributed by atoms with E-state index in [1.54, 1.807) is 49.4 Å². The lowest BCUT2D eigenvalue weighted by molar-refractivity contribution is 0.0436. The lowest BCUT2D eigenvalue weighted by Gasteiger charge is -2.11. The maximum Gasteiger partial charge on any atom is 0.374 e. The van der Waals surface area contributed by atoms with Crippen molar-refractivity contribution in [2.45, 2.75) is 13.5 Å². The van der Waals surface area contributed by atoms with E-state index in [0.29, 0.717) is 34.3 Å². The van der Waals surface area contributed by atoms with E-state index in [4.69, 9.17) is 19.0 Å². The van der Waals surface area contributed by atoms with Crippen molar-refractivity contribution in [2.75, 3.05) is 25.1 Å². The average molecular weight is 383 g/mol. The van der Waals surface area contributed by atoms with Gasteiger partial charge in [0.15, 0.2) is 0 Å². The van der Waals surface area contributed by atoms with Crippen molar-refractivity contribution >= 4 is 28.6 Å². The molecule has 7 heteroatoms. The number of anilines is 1. The summed E-state index contributed by atoms with van der Waals surface area (Å²) in [4.78, 5) is 24.8. The van der Waals surface area contributed by atoms with Crippen LogP contribution in [0, 0.1) is 0 Å². The molecule has 0 amide bonds. The van der Waals surface area contributed by atoms with Gasteiger partial charge in [0.1, 0.15) is 12.2 Å². The number of aliphatic hydroxyl groups is 1. The van der Waals surface area contributed by atoms with Gasteiger partial charge in [-0.2, -0.15) is 0 Å². The number of furan rings is 1. The van der Waals surface area contributed by atoms with Crippen molar-refractivity contribution in [1.29, 1.82) is 0 Å². The molecule has 2 N–H and O–H groups in total. The second-order valence-corrected chi connectivity index (χ2v) is 5.90. The fourth-order valence-electron chi connectivity index (χ4n) is 2.82. The quantitative estimate of drug-likeness (QED) is 0.576. The van der Waals surface area contributed by atoms with Crippen LogP contribution in [-0.4, -0.2) is 36.8 Å². The Bertz CT molecular complexity index is 978. The highest BCUT2D eigenvalue weighted by Crippen LogP contribution is 2.28. The lowest BCUT2D eigenvalue weighted by Crippen LogP contribution is -2.13. The molecule has 0 aliphatic carbocycles. The van der Waals surface area contributed by atoms with Crippen molar-refractivity contribution in [3.63, 3.8) is 0 Å². The molecule has 0 fully saturated rings. The van der Waals surface area contributed by atoms with Crippen LogP contribution in [0.2, 0.25) is 0 Å². The first-order valence-corrected chi connectivity index (χ1v) is 8.94. The van der Waals surface area contributed by atoms with E-state index in [1.807, 2.05) is 6.07 Å². The number of carbonyl (C=O) groups is 2. The summed E-state index contributed by atoms with van der Waals surface area (Å²) in [6.07, 6.45) is 0. The predicted molar refractivity (Wildman–Crippen MR) is 103 cm³/mol. The molecule has 146 valence electrons. The van der Waals surface area contributed by atoms with Gasteiger partial charge in [0.05, 0.1) is 24.3 Å². The second-order valence-electron chi connectivity index (χ2n) is 5.90. The van der Waals surface area contributed by atoms with Crippen LogP contribution < -0.4 is 5.32 Å². The summed E-state index contributed by atoms with van der Waals surface area (Å²) < 4.78 is 16.1. The number of rotatable bonds is 8. The number of hydrogen-bond donors (Lipinski definition) is 2. The standard InChI is InChI=1S/C21H21NO6/c1-2-26-21(25)19-16(14-7-4-6-10-18(14)28-19)13-27-20(24)15-8-3-5-9-17(15)22-11-12-23/h3-10,22-23H,2,11-13H2,1H3. The summed E-state index contributed by atoms with van der Waals surface area (Å²) in [5.74, 6) is -1.13. The Balaban J connectivity index is 1.85. The van der Waals surface area contributed by atoms with Gasteiger partial charge in [0, 0.05) is 17.6 Å². The van der Waals surface area contributed by atoms with E-state index in [9.17, 15) is 9.59 Å². The molecule has 28 heavy (non-hydrogen) atoms. The van der Waals surface area contributed by atoms with Crippen LogP contribution in [0.5, 0.6) is 0 Å². The fourth-order valence-corrected chi connectivity index (χ4v) is 2.82. The van der Waals surface area contributed by atoms with Crippen molar-refractivity contribution in [1.82, 2.24) is 0 Å². The number of fused-ring (bicyclic) bond motifs is 1. The van der Waals surface area contributed by atoms with E-state index < -0.39 is 11.9 Å². The van der Waals surface area contributed by atoms with Crippen molar-refractivity contribution < 1.29 is 28.6 Å². The fraction of sp³-hybridized carbons (Fsp3) is 0.238. The topological polar surface area (TPSA) is 98.0 Å². The number of ether oxygens (including phenoxy) is 2. The zero-order valence-corrected chi connectivity index (χ0v) is 15.4. The van der Waals surface area contributed by atoms with E-state index in [1.165, 1.54) is 0 Å². The molecule has 2 aromatic carbocycles. The Morgan fingerprint density at radius 1 is 1.04 bits per heavy atom. The summed E-state index contributed by atoms with van der Waals surface area (Å²) in [6, 6.07) is 14.0. The zero-order valence-electron chi connectivity index (χ0n) is 15.4. The van der Waals surface area contributed by atoms with Gasteiger partial charge in [0.25, 0.3) is 0 Å². The molecule has 0 bridgehead atoms. The van der Waals surface area contributed by atoms with Gasteiger partial charge in [0.2, 0.25) is 5.76 Å². The highest BCUT2D eigenvalue weighted by Gasteiger charge is 2.23. The normalized spacial score (nSPS) is 10.6. The molecule has 1 aromatic heterocycles. The summed E-state index contributed by atoms with van der Waals surface area (Å²) >= 11 is 0. The number of aliphatic hydroxyl groups excluding tert-OH is 1. The van der Waals surface area contributed by atoms with Crippen LogP contribution in [-0.2, 0) is 16.1 Å². The first-order chi connectivity index (χ1) is 13.7. The van der Waals surface area contributed by atoms with Gasteiger partial charge in [-0.05, 0) is 25.1 Å². The largest absolute Gasteiger partial charge is 0.460 e. The van der Waals surface area contributed by atoms with Gasteiger partial charge in [-0.25, -0.2) is 9.59 Å². The number of carbonyl (C=O) groups excluding carboxylic acids is 2. The Hall–Kier alpha value is -3.32. The van der Waals surface area contributed by atoms with E-state index >= 15 is 0 Å². The van der Waals surface area contributed by atoms with Gasteiger partial charge >= 0.3 is 11.9 Å². The molecule has 0 saturated carbocycles. The van der Waals surface area contributed by atoms with Crippen molar-refractivity contribution in [3.05, 3.63) is 65.4 Å². The first kappa shape index (κ1) is 19.4. The summed E-state index contributed by atoms with van der Waals surface area (Å²) in [6.45, 7) is 2.02. The van der Waals surface area contributed by atoms with Gasteiger partial charge in [-0.3, -0.25) is 0 Å². The average Bonchev–Trinajstić information content (AvgIpc) is 3.09. The Morgan fingerprint density at radius 2 is 1.79 bits per heavy atom. The number of nitrogens with one attached hydrogen (secondary N) is 1. The minimum atomic E-state index is -0.602. The van der Waals surface area contributed by atoms with Crippen molar-refractivity contribution in [3.8, 4) is 0 Å². The highest BCUT2D eigenvalue weighted by atomic mass is 16.5. The Labute approximate surface area is 161 Å². The second kappa shape index (κ2) is 9.05. The first-order valence-electron chi connectivity index (χ1n) is 8.94. The number of esters is 2. The Kier molecular flexibility index (Phi) is 6.29. The van der Waals surface area contributed by atoms with Gasteiger partial charge in [-0.15, -0.1) is 0 Å². The van der Waals surface area contributed by atoms with E-state index in [0.717, 1.165) is 0 Å². The molecular formula is C21H21NO6. The zero-order chi connectivity index (χ0) is 19.9. The summed E-state index contributed by atoms with van der Waals surface area (Å²) in [5, 5.41) is 12.6. The van der Waals surface area contributed by atoms with E-state index in [2.05, 4.69) is 5.32 Å². The number of benzene rings is 2. The third-order valence-electron chi connectivity index (χ3n) is 4.08. The SMILES string of the molecule is CCOC(=O)c1oc2ccccc2c1COC(=O)c1ccccc1NCCO. The van der Waals surface area contributed by atoms with E-state index in [-0.39, 0.29) is 25.6 Å². The highest BCUT2D eigenvalue weighted by molar-refractivity contribution is 5.97. The van der Waals surface area contributed by atoms with Crippen LogP contribution in [0.3, 0.4) is 0 Å². The molecule has 1 heterocycles. The third-order valence-corrected chi connectivity index (χ3v) is 4.08. The summed E-state index contributed by atoms with van der Waals surface area (Å²) in [5.41, 5.74) is 1.87. The van der Waals surface area contributed by atoms with Crippen LogP contribution in [0.15, 0.2) is 52.9 Å². The smallest absolute Gasteiger partial charge is 0.374 e. The Morgan fingerprint density at radius 3 is 2.57 bits per heavy atom. The third kappa shape index (κ3) is 4.15. The molecule has 3 aromatic rings. The molecular weight excluding hydrogens is 362 g/mol. The molecule has 0 unspecified atom stereocenters. The number of para-hydroxylation sites is 2. The monoisotopic (exact) mass is 383 g/mol. The van der Waals surface area contributed by atoms with Crippen molar-refractivity contribution in [2.24, 2.45) is 0 Å². The molecule has 0 atom stereocenters. The molecule has 0 spiro atoms. The molecule has 3 rings (SSSR count). The van der Waals surface area contributed by atoms with Gasteiger partial charge < -0.3 is 24.3 Å². The van der Waals surface area contributed by atoms with Crippen LogP contribution in [0.4, 0.5) is 5.69 Å². The molecule has 0 radical (unpaired) electrons. The van der Waals surface area contributed by atoms with Crippen LogP contribution >= 0.6 is 0 Å². The maximum atomic E-state index is 12.6. The molecule has 0 aliphatic rings. The van der Waals surface area contributed by atoms with Gasteiger partial charge in [-0.1, -0.05) is 30.3 Å². The number of hydrogen-bond acceptors (Lipinski definition) is 7. The molecule has 0 aliphatic heterocycles. The predicted octanol–water partition coefficient (Wildman–Crippen LogP) is 3.37. The maximum absolute atomic E-state index is 12.6. The molecule has 7 nitrogen and oxygen atoms in total.